The maximum atomic E-state index is 5.50. The van der Waals surface area contributed by atoms with Crippen molar-refractivity contribution in [1.29, 1.82) is 0 Å². The average Bonchev–Trinajstić information content (AvgIpc) is 2.50. The van der Waals surface area contributed by atoms with E-state index >= 15 is 0 Å². The molecule has 1 saturated heterocycles. The van der Waals surface area contributed by atoms with E-state index in [0.29, 0.717) is 6.04 Å². The van der Waals surface area contributed by atoms with Gasteiger partial charge in [0.1, 0.15) is 5.82 Å². The van der Waals surface area contributed by atoms with Crippen LogP contribution in [-0.2, 0) is 4.74 Å². The van der Waals surface area contributed by atoms with Crippen molar-refractivity contribution in [1.82, 2.24) is 14.9 Å². The van der Waals surface area contributed by atoms with Crippen LogP contribution >= 0.6 is 0 Å². The fourth-order valence-corrected chi connectivity index (χ4v) is 2.92. The molecule has 0 amide bonds. The number of anilines is 1. The fraction of sp³-hybridized carbons (Fsp3) is 0.750. The van der Waals surface area contributed by atoms with Crippen molar-refractivity contribution in [3.8, 4) is 0 Å². The minimum absolute atomic E-state index is 0.570. The van der Waals surface area contributed by atoms with E-state index in [1.54, 1.807) is 0 Å². The van der Waals surface area contributed by atoms with Gasteiger partial charge in [0.25, 0.3) is 0 Å². The quantitative estimate of drug-likeness (QED) is 0.751. The SMILES string of the molecule is CCOCCN1CCN(c2nc(C)cnc2C)CC1CC. The van der Waals surface area contributed by atoms with E-state index in [4.69, 9.17) is 4.74 Å². The first-order chi connectivity index (χ1) is 10.2. The zero-order chi connectivity index (χ0) is 15.2. The van der Waals surface area contributed by atoms with Gasteiger partial charge in [-0.25, -0.2) is 4.98 Å². The first kappa shape index (κ1) is 16.2. The Morgan fingerprint density at radius 3 is 2.81 bits per heavy atom. The van der Waals surface area contributed by atoms with Crippen molar-refractivity contribution in [3.63, 3.8) is 0 Å². The van der Waals surface area contributed by atoms with Crippen molar-refractivity contribution in [3.05, 3.63) is 17.6 Å². The van der Waals surface area contributed by atoms with E-state index < -0.39 is 0 Å². The Labute approximate surface area is 128 Å². The molecule has 0 spiro atoms. The number of ether oxygens (including phenoxy) is 1. The summed E-state index contributed by atoms with van der Waals surface area (Å²) < 4.78 is 5.50. The summed E-state index contributed by atoms with van der Waals surface area (Å²) in [7, 11) is 0. The molecule has 2 rings (SSSR count). The molecular weight excluding hydrogens is 264 g/mol. The lowest BCUT2D eigenvalue weighted by Crippen LogP contribution is -2.54. The normalized spacial score (nSPS) is 20.0. The lowest BCUT2D eigenvalue weighted by Gasteiger charge is -2.42. The van der Waals surface area contributed by atoms with Crippen molar-refractivity contribution in [2.24, 2.45) is 0 Å². The molecule has 1 aliphatic rings. The van der Waals surface area contributed by atoms with Crippen molar-refractivity contribution in [2.75, 3.05) is 44.3 Å². The molecule has 0 aliphatic carbocycles. The van der Waals surface area contributed by atoms with Gasteiger partial charge in [0.2, 0.25) is 0 Å². The Morgan fingerprint density at radius 1 is 1.29 bits per heavy atom. The molecule has 1 atom stereocenters. The van der Waals surface area contributed by atoms with Gasteiger partial charge >= 0.3 is 0 Å². The second-order valence-corrected chi connectivity index (χ2v) is 5.66. The highest BCUT2D eigenvalue weighted by Crippen LogP contribution is 2.21. The fourth-order valence-electron chi connectivity index (χ4n) is 2.92. The lowest BCUT2D eigenvalue weighted by atomic mass is 10.1. The molecule has 5 nitrogen and oxygen atoms in total. The van der Waals surface area contributed by atoms with Gasteiger partial charge in [-0.2, -0.15) is 0 Å². The van der Waals surface area contributed by atoms with Gasteiger partial charge < -0.3 is 9.64 Å². The summed E-state index contributed by atoms with van der Waals surface area (Å²) in [6.07, 6.45) is 3.00. The topological polar surface area (TPSA) is 41.5 Å². The third kappa shape index (κ3) is 4.14. The van der Waals surface area contributed by atoms with Crippen LogP contribution in [0.4, 0.5) is 5.82 Å². The summed E-state index contributed by atoms with van der Waals surface area (Å²) >= 11 is 0. The maximum Gasteiger partial charge on any atom is 0.150 e. The molecular formula is C16H28N4O. The van der Waals surface area contributed by atoms with E-state index in [1.807, 2.05) is 20.0 Å². The van der Waals surface area contributed by atoms with E-state index in [1.165, 1.54) is 0 Å². The summed E-state index contributed by atoms with van der Waals surface area (Å²) in [5, 5.41) is 0. The predicted octanol–water partition coefficient (Wildman–Crippen LogP) is 2.03. The van der Waals surface area contributed by atoms with E-state index in [-0.39, 0.29) is 0 Å². The van der Waals surface area contributed by atoms with E-state index in [2.05, 4.69) is 33.6 Å². The molecule has 0 saturated carbocycles. The minimum Gasteiger partial charge on any atom is -0.380 e. The maximum absolute atomic E-state index is 5.50. The molecule has 2 heterocycles. The molecule has 0 bridgehead atoms. The molecule has 0 aromatic carbocycles. The molecule has 1 aromatic rings. The average molecular weight is 292 g/mol. The Morgan fingerprint density at radius 2 is 2.10 bits per heavy atom. The lowest BCUT2D eigenvalue weighted by molar-refractivity contribution is 0.0868. The zero-order valence-electron chi connectivity index (χ0n) is 13.8. The number of aryl methyl sites for hydroxylation is 2. The predicted molar refractivity (Wildman–Crippen MR) is 85.9 cm³/mol. The molecule has 118 valence electrons. The number of aromatic nitrogens is 2. The highest BCUT2D eigenvalue weighted by Gasteiger charge is 2.27. The molecule has 1 fully saturated rings. The van der Waals surface area contributed by atoms with Gasteiger partial charge in [-0.05, 0) is 27.2 Å². The first-order valence-electron chi connectivity index (χ1n) is 8.02. The second-order valence-electron chi connectivity index (χ2n) is 5.66. The molecule has 1 aromatic heterocycles. The van der Waals surface area contributed by atoms with Gasteiger partial charge in [0.15, 0.2) is 0 Å². The summed E-state index contributed by atoms with van der Waals surface area (Å²) in [5.41, 5.74) is 2.01. The molecule has 21 heavy (non-hydrogen) atoms. The van der Waals surface area contributed by atoms with Crippen LogP contribution in [-0.4, -0.2) is 60.3 Å². The van der Waals surface area contributed by atoms with Crippen LogP contribution in [0.3, 0.4) is 0 Å². The van der Waals surface area contributed by atoms with Crippen LogP contribution in [0.15, 0.2) is 6.20 Å². The highest BCUT2D eigenvalue weighted by atomic mass is 16.5. The summed E-state index contributed by atoms with van der Waals surface area (Å²) in [5.74, 6) is 1.05. The van der Waals surface area contributed by atoms with E-state index in [0.717, 1.165) is 63.0 Å². The molecule has 1 aliphatic heterocycles. The van der Waals surface area contributed by atoms with Crippen LogP contribution in [0.5, 0.6) is 0 Å². The third-order valence-corrected chi connectivity index (χ3v) is 4.15. The minimum atomic E-state index is 0.570. The molecule has 1 unspecified atom stereocenters. The van der Waals surface area contributed by atoms with E-state index in [9.17, 15) is 0 Å². The number of rotatable bonds is 6. The third-order valence-electron chi connectivity index (χ3n) is 4.15. The number of hydrogen-bond donors (Lipinski definition) is 0. The Bertz CT molecular complexity index is 452. The van der Waals surface area contributed by atoms with Crippen LogP contribution < -0.4 is 4.90 Å². The van der Waals surface area contributed by atoms with Crippen LogP contribution in [0.2, 0.25) is 0 Å². The van der Waals surface area contributed by atoms with Gasteiger partial charge in [0.05, 0.1) is 18.0 Å². The van der Waals surface area contributed by atoms with Crippen molar-refractivity contribution in [2.45, 2.75) is 40.2 Å². The van der Waals surface area contributed by atoms with Crippen LogP contribution in [0, 0.1) is 13.8 Å². The first-order valence-corrected chi connectivity index (χ1v) is 8.02. The smallest absolute Gasteiger partial charge is 0.150 e. The standard InChI is InChI=1S/C16H28N4O/c1-5-15-12-20(8-7-19(15)9-10-21-6-2)16-14(4)17-11-13(3)18-16/h11,15H,5-10,12H2,1-4H3. The number of hydrogen-bond acceptors (Lipinski definition) is 5. The van der Waals surface area contributed by atoms with Crippen molar-refractivity contribution >= 4 is 5.82 Å². The second kappa shape index (κ2) is 7.71. The Balaban J connectivity index is 2.01. The summed E-state index contributed by atoms with van der Waals surface area (Å²) in [6.45, 7) is 14.1. The summed E-state index contributed by atoms with van der Waals surface area (Å²) in [6, 6.07) is 0.570. The van der Waals surface area contributed by atoms with Crippen LogP contribution in [0.1, 0.15) is 31.7 Å². The molecule has 0 N–H and O–H groups in total. The zero-order valence-corrected chi connectivity index (χ0v) is 13.8. The largest absolute Gasteiger partial charge is 0.380 e. The van der Waals surface area contributed by atoms with Gasteiger partial charge in [-0.3, -0.25) is 9.88 Å². The number of nitrogens with zero attached hydrogens (tertiary/aromatic N) is 4. The van der Waals surface area contributed by atoms with Gasteiger partial charge in [-0.1, -0.05) is 6.92 Å². The van der Waals surface area contributed by atoms with Gasteiger partial charge in [-0.15, -0.1) is 0 Å². The Hall–Kier alpha value is -1.20. The highest BCUT2D eigenvalue weighted by molar-refractivity contribution is 5.44. The van der Waals surface area contributed by atoms with Crippen molar-refractivity contribution < 1.29 is 4.74 Å². The van der Waals surface area contributed by atoms with Gasteiger partial charge in [0, 0.05) is 45.0 Å². The Kier molecular flexibility index (Phi) is 5.94. The number of piperazine rings is 1. The van der Waals surface area contributed by atoms with Crippen LogP contribution in [0.25, 0.3) is 0 Å². The molecule has 0 radical (unpaired) electrons. The molecule has 5 heteroatoms. The summed E-state index contributed by atoms with van der Waals surface area (Å²) in [4.78, 5) is 14.1. The monoisotopic (exact) mass is 292 g/mol.